The van der Waals surface area contributed by atoms with Gasteiger partial charge in [0.2, 0.25) is 0 Å². The monoisotopic (exact) mass is 929 g/mol. The van der Waals surface area contributed by atoms with Crippen LogP contribution in [0.15, 0.2) is 285 Å². The van der Waals surface area contributed by atoms with Crippen molar-refractivity contribution in [3.8, 4) is 55.9 Å². The number of hydrogen-bond acceptors (Lipinski definition) is 1. The molecule has 2 aromatic heterocycles. The molecule has 14 aromatic rings. The Labute approximate surface area is 424 Å². The lowest BCUT2D eigenvalue weighted by atomic mass is 9.92. The Morgan fingerprint density at radius 3 is 1.48 bits per heavy atom. The molecule has 2 heterocycles. The summed E-state index contributed by atoms with van der Waals surface area (Å²) in [5, 5.41) is 7.34. The molecule has 0 atom stereocenters. The number of nitrogens with zero attached hydrogens (tertiary/aromatic N) is 3. The Morgan fingerprint density at radius 2 is 0.740 bits per heavy atom. The number of para-hydroxylation sites is 5. The predicted octanol–water partition coefficient (Wildman–Crippen LogP) is 19.2. The van der Waals surface area contributed by atoms with Gasteiger partial charge >= 0.3 is 0 Å². The summed E-state index contributed by atoms with van der Waals surface area (Å²) in [5.74, 6) is 0. The van der Waals surface area contributed by atoms with Gasteiger partial charge in [0, 0.05) is 55.2 Å². The van der Waals surface area contributed by atoms with E-state index in [2.05, 4.69) is 299 Å². The van der Waals surface area contributed by atoms with Gasteiger partial charge in [-0.05, 0) is 135 Å². The van der Waals surface area contributed by atoms with E-state index in [1.54, 1.807) is 0 Å². The Balaban J connectivity index is 1.02. The second kappa shape index (κ2) is 17.6. The second-order valence-electron chi connectivity index (χ2n) is 18.9. The minimum absolute atomic E-state index is 1.09. The van der Waals surface area contributed by atoms with Gasteiger partial charge in [0.1, 0.15) is 0 Å². The van der Waals surface area contributed by atoms with Crippen LogP contribution >= 0.6 is 0 Å². The van der Waals surface area contributed by atoms with Crippen molar-refractivity contribution in [3.05, 3.63) is 285 Å². The van der Waals surface area contributed by atoms with Crippen molar-refractivity contribution in [2.24, 2.45) is 0 Å². The topological polar surface area (TPSA) is 13.1 Å². The van der Waals surface area contributed by atoms with Gasteiger partial charge in [-0.15, -0.1) is 0 Å². The zero-order valence-corrected chi connectivity index (χ0v) is 40.0. The number of hydrogen-bond donors (Lipinski definition) is 0. The largest absolute Gasteiger partial charge is 0.310 e. The van der Waals surface area contributed by atoms with Gasteiger partial charge in [-0.3, -0.25) is 0 Å². The quantitative estimate of drug-likeness (QED) is 0.141. The van der Waals surface area contributed by atoms with E-state index in [1.807, 2.05) is 0 Å². The molecule has 12 aromatic carbocycles. The lowest BCUT2D eigenvalue weighted by molar-refractivity contribution is 1.18. The molecular formula is C70H47N3. The van der Waals surface area contributed by atoms with Crippen LogP contribution in [-0.4, -0.2) is 9.13 Å². The molecule has 0 unspecified atom stereocenters. The van der Waals surface area contributed by atoms with Crippen LogP contribution in [0.1, 0.15) is 0 Å². The maximum absolute atomic E-state index is 2.50. The fourth-order valence-corrected chi connectivity index (χ4v) is 11.3. The van der Waals surface area contributed by atoms with Crippen molar-refractivity contribution in [1.29, 1.82) is 0 Å². The Morgan fingerprint density at radius 1 is 0.247 bits per heavy atom. The molecule has 0 bridgehead atoms. The predicted molar refractivity (Wildman–Crippen MR) is 309 cm³/mol. The molecule has 0 spiro atoms. The first-order valence-electron chi connectivity index (χ1n) is 25.1. The van der Waals surface area contributed by atoms with Gasteiger partial charge in [0.05, 0.1) is 27.8 Å². The van der Waals surface area contributed by atoms with Crippen LogP contribution in [0, 0.1) is 0 Å². The van der Waals surface area contributed by atoms with Crippen LogP contribution in [0.2, 0.25) is 0 Å². The fraction of sp³-hybridized carbons (Fsp3) is 0. The van der Waals surface area contributed by atoms with E-state index in [9.17, 15) is 0 Å². The molecule has 0 aliphatic rings. The highest BCUT2D eigenvalue weighted by atomic mass is 15.1. The highest BCUT2D eigenvalue weighted by Crippen LogP contribution is 2.44. The van der Waals surface area contributed by atoms with Gasteiger partial charge in [-0.2, -0.15) is 0 Å². The maximum Gasteiger partial charge on any atom is 0.0619 e. The van der Waals surface area contributed by atoms with Crippen molar-refractivity contribution in [2.75, 3.05) is 4.90 Å². The molecule has 3 nitrogen and oxygen atoms in total. The van der Waals surface area contributed by atoms with Crippen LogP contribution in [0.4, 0.5) is 17.1 Å². The molecule has 73 heavy (non-hydrogen) atoms. The van der Waals surface area contributed by atoms with Crippen molar-refractivity contribution < 1.29 is 0 Å². The number of aromatic nitrogens is 2. The molecule has 0 fully saturated rings. The second-order valence-corrected chi connectivity index (χ2v) is 18.9. The minimum atomic E-state index is 1.09. The van der Waals surface area contributed by atoms with Crippen molar-refractivity contribution in [2.45, 2.75) is 0 Å². The summed E-state index contributed by atoms with van der Waals surface area (Å²) in [6.07, 6.45) is 0. The fourth-order valence-electron chi connectivity index (χ4n) is 11.3. The van der Waals surface area contributed by atoms with Crippen LogP contribution in [0.5, 0.6) is 0 Å². The summed E-state index contributed by atoms with van der Waals surface area (Å²) < 4.78 is 4.95. The van der Waals surface area contributed by atoms with Gasteiger partial charge < -0.3 is 14.0 Å². The first kappa shape index (κ1) is 42.2. The third-order valence-corrected chi connectivity index (χ3v) is 14.6. The lowest BCUT2D eigenvalue weighted by Crippen LogP contribution is -2.09. The lowest BCUT2D eigenvalue weighted by Gasteiger charge is -2.26. The van der Waals surface area contributed by atoms with Gasteiger partial charge in [0.25, 0.3) is 0 Å². The summed E-state index contributed by atoms with van der Waals surface area (Å²) in [4.78, 5) is 2.34. The molecular weight excluding hydrogens is 883 g/mol. The normalized spacial score (nSPS) is 11.6. The third kappa shape index (κ3) is 7.29. The average Bonchev–Trinajstić information content (AvgIpc) is 4.01. The Bertz CT molecular complexity index is 4330. The molecule has 0 aliphatic heterocycles. The van der Waals surface area contributed by atoms with E-state index < -0.39 is 0 Å². The molecule has 0 saturated heterocycles. The first-order chi connectivity index (χ1) is 36.2. The van der Waals surface area contributed by atoms with Crippen LogP contribution in [0.3, 0.4) is 0 Å². The SMILES string of the molecule is c1ccc(-c2cccc(-n3c4ccccc4c4ccc(-c5cc(-c6cccc(N(c7ccccc7)c7ccccc7)c6)cc(-c6cccc7c8ccccc8n(-c8cccc9ccccc89)c67)c5)cc43)c2)cc1. The van der Waals surface area contributed by atoms with E-state index in [0.29, 0.717) is 0 Å². The smallest absolute Gasteiger partial charge is 0.0619 e. The van der Waals surface area contributed by atoms with Crippen molar-refractivity contribution >= 4 is 71.4 Å². The number of anilines is 3. The molecule has 342 valence electrons. The van der Waals surface area contributed by atoms with E-state index in [4.69, 9.17) is 0 Å². The standard InChI is InChI=1S/C70H47N3/c1-4-20-48(21-5-1)50-24-16-31-59(45-50)72-67-37-14-12-33-62(67)64-41-40-52(47-69(64)72)54-42-53(51-25-17-30-58(46-51)71(56-26-6-2-7-27-56)57-28-8-3-9-29-57)43-55(44-54)61-35-19-36-65-63-34-13-15-38-68(63)73(70(61)65)66-39-18-23-49-22-10-11-32-60(49)66/h1-47H. The van der Waals surface area contributed by atoms with Crippen molar-refractivity contribution in [3.63, 3.8) is 0 Å². The third-order valence-electron chi connectivity index (χ3n) is 14.6. The highest BCUT2D eigenvalue weighted by molar-refractivity contribution is 6.15. The first-order valence-corrected chi connectivity index (χ1v) is 25.1. The van der Waals surface area contributed by atoms with E-state index in [0.717, 1.165) is 61.8 Å². The number of fused-ring (bicyclic) bond motifs is 7. The summed E-state index contributed by atoms with van der Waals surface area (Å²) in [6.45, 7) is 0. The summed E-state index contributed by atoms with van der Waals surface area (Å²) in [7, 11) is 0. The summed E-state index contributed by atoms with van der Waals surface area (Å²) in [6, 6.07) is 104. The van der Waals surface area contributed by atoms with Crippen molar-refractivity contribution in [1.82, 2.24) is 9.13 Å². The molecule has 0 radical (unpaired) electrons. The maximum atomic E-state index is 2.50. The molecule has 0 aliphatic carbocycles. The van der Waals surface area contributed by atoms with Crippen LogP contribution in [-0.2, 0) is 0 Å². The zero-order chi connectivity index (χ0) is 48.2. The molecule has 0 N–H and O–H groups in total. The molecule has 0 amide bonds. The van der Waals surface area contributed by atoms with E-state index in [1.165, 1.54) is 65.6 Å². The number of benzene rings is 12. The average molecular weight is 930 g/mol. The number of rotatable bonds is 9. The summed E-state index contributed by atoms with van der Waals surface area (Å²) in [5.41, 5.74) is 19.6. The van der Waals surface area contributed by atoms with Crippen LogP contribution in [0.25, 0.3) is 110 Å². The highest BCUT2D eigenvalue weighted by Gasteiger charge is 2.21. The zero-order valence-electron chi connectivity index (χ0n) is 40.0. The summed E-state index contributed by atoms with van der Waals surface area (Å²) >= 11 is 0. The van der Waals surface area contributed by atoms with Gasteiger partial charge in [0.15, 0.2) is 0 Å². The van der Waals surface area contributed by atoms with E-state index >= 15 is 0 Å². The van der Waals surface area contributed by atoms with Gasteiger partial charge in [-0.25, -0.2) is 0 Å². The molecule has 14 rings (SSSR count). The Kier molecular flexibility index (Phi) is 10.2. The molecule has 3 heteroatoms. The van der Waals surface area contributed by atoms with Crippen LogP contribution < -0.4 is 4.90 Å². The molecule has 0 saturated carbocycles. The minimum Gasteiger partial charge on any atom is -0.310 e. The van der Waals surface area contributed by atoms with Gasteiger partial charge in [-0.1, -0.05) is 194 Å². The van der Waals surface area contributed by atoms with E-state index in [-0.39, 0.29) is 0 Å². The Hall–Kier alpha value is -9.70.